The minimum atomic E-state index is -1.27. The molecule has 0 bridgehead atoms. The van der Waals surface area contributed by atoms with Crippen molar-refractivity contribution in [3.8, 4) is 0 Å². The van der Waals surface area contributed by atoms with E-state index in [1.807, 2.05) is 0 Å². The number of aliphatic hydroxyl groups excluding tert-OH is 4. The summed E-state index contributed by atoms with van der Waals surface area (Å²) >= 11 is 0. The number of amides is 1. The summed E-state index contributed by atoms with van der Waals surface area (Å²) in [5.74, 6) is -0.592. The molecule has 6 heteroatoms. The molecule has 0 saturated heterocycles. The zero-order valence-electron chi connectivity index (χ0n) is 32.0. The van der Waals surface area contributed by atoms with Gasteiger partial charge in [0.1, 0.15) is 12.2 Å². The SMILES string of the molecule is CCCCCCC=CCCCC(O)C(O)C(CO)NC(=O)C(O)CCCCCCCCCCCCCCCCCCCCCCCCC. The van der Waals surface area contributed by atoms with E-state index >= 15 is 0 Å². The molecule has 1 amide bonds. The number of allylic oxidation sites excluding steroid dienone is 2. The van der Waals surface area contributed by atoms with Crippen LogP contribution in [0.25, 0.3) is 0 Å². The number of carbonyl (C=O) groups is 1. The van der Waals surface area contributed by atoms with E-state index in [1.165, 1.54) is 154 Å². The van der Waals surface area contributed by atoms with Crippen molar-refractivity contribution < 1.29 is 25.2 Å². The third-order valence-electron chi connectivity index (χ3n) is 9.98. The highest BCUT2D eigenvalue weighted by molar-refractivity contribution is 5.80. The number of aliphatic hydroxyl groups is 4. The fourth-order valence-corrected chi connectivity index (χ4v) is 6.58. The predicted molar refractivity (Wildman–Crippen MR) is 205 cm³/mol. The Balaban J connectivity index is 3.64. The molecule has 0 aromatic rings. The Kier molecular flexibility index (Phi) is 36.6. The standard InChI is InChI=1S/C42H83NO5/c1-3-5-7-9-11-13-14-15-16-17-18-19-20-21-22-23-24-25-26-28-30-32-34-36-40(46)42(48)43-38(37-44)41(47)39(45)35-33-31-29-27-12-10-8-6-4-2/h27,29,38-41,44-47H,3-26,28,30-37H2,1-2H3,(H,43,48). The first-order valence-corrected chi connectivity index (χ1v) is 21.1. The normalized spacial score (nSPS) is 14.4. The molecule has 0 aliphatic heterocycles. The average molecular weight is 682 g/mol. The first-order valence-electron chi connectivity index (χ1n) is 21.1. The predicted octanol–water partition coefficient (Wildman–Crippen LogP) is 10.6. The molecule has 0 radical (unpaired) electrons. The van der Waals surface area contributed by atoms with E-state index in [-0.39, 0.29) is 0 Å². The molecule has 4 unspecified atom stereocenters. The second kappa shape index (κ2) is 37.3. The molecule has 48 heavy (non-hydrogen) atoms. The molecule has 0 rings (SSSR count). The monoisotopic (exact) mass is 682 g/mol. The van der Waals surface area contributed by atoms with Crippen molar-refractivity contribution in [3.63, 3.8) is 0 Å². The Bertz CT molecular complexity index is 687. The van der Waals surface area contributed by atoms with E-state index in [1.54, 1.807) is 0 Å². The summed E-state index contributed by atoms with van der Waals surface area (Å²) < 4.78 is 0. The number of rotatable bonds is 38. The molecule has 5 N–H and O–H groups in total. The highest BCUT2D eigenvalue weighted by atomic mass is 16.3. The van der Waals surface area contributed by atoms with Crippen LogP contribution in [-0.2, 0) is 4.79 Å². The molecule has 0 aliphatic carbocycles. The third kappa shape index (κ3) is 31.1. The van der Waals surface area contributed by atoms with Crippen LogP contribution in [0.15, 0.2) is 12.2 Å². The van der Waals surface area contributed by atoms with E-state index in [2.05, 4.69) is 31.3 Å². The highest BCUT2D eigenvalue weighted by Gasteiger charge is 2.28. The number of hydrogen-bond acceptors (Lipinski definition) is 5. The lowest BCUT2D eigenvalue weighted by Gasteiger charge is -2.27. The molecular formula is C42H83NO5. The molecular weight excluding hydrogens is 598 g/mol. The van der Waals surface area contributed by atoms with Crippen LogP contribution >= 0.6 is 0 Å². The van der Waals surface area contributed by atoms with Crippen LogP contribution in [0.5, 0.6) is 0 Å². The minimum absolute atomic E-state index is 0.368. The smallest absolute Gasteiger partial charge is 0.249 e. The average Bonchev–Trinajstić information content (AvgIpc) is 3.09. The van der Waals surface area contributed by atoms with Gasteiger partial charge in [0, 0.05) is 0 Å². The van der Waals surface area contributed by atoms with Crippen LogP contribution in [0.1, 0.15) is 219 Å². The summed E-state index contributed by atoms with van der Waals surface area (Å²) in [7, 11) is 0. The molecule has 0 heterocycles. The van der Waals surface area contributed by atoms with E-state index in [9.17, 15) is 25.2 Å². The molecule has 0 aromatic carbocycles. The topological polar surface area (TPSA) is 110 Å². The maximum absolute atomic E-state index is 12.4. The molecule has 4 atom stereocenters. The van der Waals surface area contributed by atoms with E-state index in [0.717, 1.165) is 38.5 Å². The lowest BCUT2D eigenvalue weighted by molar-refractivity contribution is -0.132. The van der Waals surface area contributed by atoms with Gasteiger partial charge in [-0.05, 0) is 38.5 Å². The summed E-state index contributed by atoms with van der Waals surface area (Å²) in [6.07, 6.45) is 39.8. The fourth-order valence-electron chi connectivity index (χ4n) is 6.58. The van der Waals surface area contributed by atoms with Crippen molar-refractivity contribution in [1.29, 1.82) is 0 Å². The van der Waals surface area contributed by atoms with Gasteiger partial charge in [-0.3, -0.25) is 4.79 Å². The molecule has 6 nitrogen and oxygen atoms in total. The van der Waals surface area contributed by atoms with Crippen LogP contribution in [0.4, 0.5) is 0 Å². The van der Waals surface area contributed by atoms with Crippen LogP contribution in [0.3, 0.4) is 0 Å². The molecule has 0 spiro atoms. The van der Waals surface area contributed by atoms with Crippen molar-refractivity contribution >= 4 is 5.91 Å². The first-order chi connectivity index (χ1) is 23.5. The Morgan fingerprint density at radius 1 is 0.500 bits per heavy atom. The third-order valence-corrected chi connectivity index (χ3v) is 9.98. The van der Waals surface area contributed by atoms with Crippen molar-refractivity contribution in [2.45, 2.75) is 244 Å². The second-order valence-electron chi connectivity index (χ2n) is 14.7. The maximum atomic E-state index is 12.4. The summed E-state index contributed by atoms with van der Waals surface area (Å²) in [5.41, 5.74) is 0. The zero-order valence-corrected chi connectivity index (χ0v) is 32.0. The van der Waals surface area contributed by atoms with Crippen molar-refractivity contribution in [2.75, 3.05) is 6.61 Å². The zero-order chi connectivity index (χ0) is 35.3. The van der Waals surface area contributed by atoms with Gasteiger partial charge in [0.05, 0.1) is 18.8 Å². The van der Waals surface area contributed by atoms with Crippen LogP contribution in [0, 0.1) is 0 Å². The fraction of sp³-hybridized carbons (Fsp3) is 0.929. The Hall–Kier alpha value is -0.950. The van der Waals surface area contributed by atoms with Gasteiger partial charge in [0.2, 0.25) is 5.91 Å². The molecule has 0 aromatic heterocycles. The van der Waals surface area contributed by atoms with E-state index < -0.39 is 36.9 Å². The second-order valence-corrected chi connectivity index (χ2v) is 14.7. The Morgan fingerprint density at radius 3 is 1.25 bits per heavy atom. The van der Waals surface area contributed by atoms with Crippen LogP contribution in [-0.4, -0.2) is 57.3 Å². The van der Waals surface area contributed by atoms with Crippen LogP contribution in [0.2, 0.25) is 0 Å². The van der Waals surface area contributed by atoms with Gasteiger partial charge in [-0.25, -0.2) is 0 Å². The molecule has 0 fully saturated rings. The van der Waals surface area contributed by atoms with Crippen LogP contribution < -0.4 is 5.32 Å². The van der Waals surface area contributed by atoms with E-state index in [4.69, 9.17) is 0 Å². The number of carbonyl (C=O) groups excluding carboxylic acids is 1. The maximum Gasteiger partial charge on any atom is 0.249 e. The van der Waals surface area contributed by atoms with Gasteiger partial charge in [-0.1, -0.05) is 193 Å². The Morgan fingerprint density at radius 2 is 0.854 bits per heavy atom. The van der Waals surface area contributed by atoms with Crippen molar-refractivity contribution in [2.24, 2.45) is 0 Å². The number of nitrogens with one attached hydrogen (secondary N) is 1. The Labute approximate surface area is 298 Å². The van der Waals surface area contributed by atoms with Gasteiger partial charge in [-0.15, -0.1) is 0 Å². The highest BCUT2D eigenvalue weighted by Crippen LogP contribution is 2.16. The van der Waals surface area contributed by atoms with Crippen molar-refractivity contribution in [1.82, 2.24) is 5.32 Å². The lowest BCUT2D eigenvalue weighted by atomic mass is 10.00. The number of unbranched alkanes of at least 4 members (excludes halogenated alkanes) is 27. The van der Waals surface area contributed by atoms with Gasteiger partial charge < -0.3 is 25.7 Å². The molecule has 0 aliphatic rings. The summed E-state index contributed by atoms with van der Waals surface area (Å²) in [4.78, 5) is 12.4. The van der Waals surface area contributed by atoms with E-state index in [0.29, 0.717) is 12.8 Å². The summed E-state index contributed by atoms with van der Waals surface area (Å²) in [6.45, 7) is 4.00. The molecule has 0 saturated carbocycles. The minimum Gasteiger partial charge on any atom is -0.394 e. The van der Waals surface area contributed by atoms with Gasteiger partial charge in [0.15, 0.2) is 0 Å². The van der Waals surface area contributed by atoms with Gasteiger partial charge >= 0.3 is 0 Å². The summed E-state index contributed by atoms with van der Waals surface area (Å²) in [6, 6.07) is -0.995. The summed E-state index contributed by atoms with van der Waals surface area (Å²) in [5, 5.41) is 43.4. The largest absolute Gasteiger partial charge is 0.394 e. The van der Waals surface area contributed by atoms with Gasteiger partial charge in [0.25, 0.3) is 0 Å². The van der Waals surface area contributed by atoms with Crippen molar-refractivity contribution in [3.05, 3.63) is 12.2 Å². The molecule has 286 valence electrons. The number of hydrogen-bond donors (Lipinski definition) is 5. The lowest BCUT2D eigenvalue weighted by Crippen LogP contribution is -2.53. The van der Waals surface area contributed by atoms with Gasteiger partial charge in [-0.2, -0.15) is 0 Å². The first kappa shape index (κ1) is 47.0. The quantitative estimate of drug-likeness (QED) is 0.0329.